The highest BCUT2D eigenvalue weighted by Gasteiger charge is 2.39. The summed E-state index contributed by atoms with van der Waals surface area (Å²) in [6.45, 7) is 4.42. The van der Waals surface area contributed by atoms with Crippen molar-refractivity contribution in [3.05, 3.63) is 57.4 Å². The number of rotatable bonds is 9. The topological polar surface area (TPSA) is 166 Å². The van der Waals surface area contributed by atoms with E-state index >= 15 is 0 Å². The van der Waals surface area contributed by atoms with Gasteiger partial charge in [-0.25, -0.2) is 14.4 Å². The van der Waals surface area contributed by atoms with Crippen LogP contribution < -0.4 is 16.4 Å². The van der Waals surface area contributed by atoms with Gasteiger partial charge in [-0.15, -0.1) is 0 Å². The number of nitrogens with one attached hydrogen (secondary N) is 2. The molecule has 3 rings (SSSR count). The third-order valence-corrected chi connectivity index (χ3v) is 5.91. The van der Waals surface area contributed by atoms with Gasteiger partial charge in [0, 0.05) is 23.7 Å². The molecule has 1 unspecified atom stereocenters. The molecule has 0 bridgehead atoms. The first kappa shape index (κ1) is 29.8. The standard InChI is InChI=1S/C20H25ClN2O5.C5H7NO3/c1-4-28-20(25)18-15(11-27-10-9-22)23-12(2)16(19(24)26-3)17(18)13-7-5-6-8-14(13)21;7-4-2-1-3(6-4)5(8)9/h5-8,17,23H,4,9-11,22H2,1-3H3;3H,1-2H2,(H,6,7)(H,8,9)/t17-;/m0./s1. The molecule has 0 radical (unpaired) electrons. The molecule has 37 heavy (non-hydrogen) atoms. The number of halogens is 1. The van der Waals surface area contributed by atoms with Crippen LogP contribution in [0.25, 0.3) is 0 Å². The molecule has 1 fully saturated rings. The summed E-state index contributed by atoms with van der Waals surface area (Å²) >= 11 is 6.42. The lowest BCUT2D eigenvalue weighted by Crippen LogP contribution is -2.35. The van der Waals surface area contributed by atoms with Crippen molar-refractivity contribution in [1.82, 2.24) is 10.6 Å². The van der Waals surface area contributed by atoms with Crippen molar-refractivity contribution in [1.29, 1.82) is 0 Å². The summed E-state index contributed by atoms with van der Waals surface area (Å²) in [5, 5.41) is 14.2. The molecule has 2 aliphatic rings. The predicted molar refractivity (Wildman–Crippen MR) is 134 cm³/mol. The number of carbonyl (C=O) groups is 4. The first-order valence-electron chi connectivity index (χ1n) is 11.7. The van der Waals surface area contributed by atoms with Crippen molar-refractivity contribution in [3.63, 3.8) is 0 Å². The van der Waals surface area contributed by atoms with Gasteiger partial charge in [0.25, 0.3) is 0 Å². The number of ether oxygens (including phenoxy) is 3. The Bertz CT molecular complexity index is 1090. The summed E-state index contributed by atoms with van der Waals surface area (Å²) in [6.07, 6.45) is 0.769. The van der Waals surface area contributed by atoms with Gasteiger partial charge >= 0.3 is 17.9 Å². The van der Waals surface area contributed by atoms with Gasteiger partial charge in [-0.1, -0.05) is 29.8 Å². The number of benzene rings is 1. The lowest BCUT2D eigenvalue weighted by molar-refractivity contribution is -0.140. The number of dihydropyridines is 1. The zero-order valence-corrected chi connectivity index (χ0v) is 21.7. The number of allylic oxidation sites excluding steroid dienone is 1. The number of carboxylic acid groups (broad SMARTS) is 1. The van der Waals surface area contributed by atoms with Gasteiger partial charge in [0.05, 0.1) is 49.7 Å². The highest BCUT2D eigenvalue weighted by molar-refractivity contribution is 6.31. The summed E-state index contributed by atoms with van der Waals surface area (Å²) < 4.78 is 15.8. The predicted octanol–water partition coefficient (Wildman–Crippen LogP) is 1.62. The highest BCUT2D eigenvalue weighted by Crippen LogP contribution is 2.41. The normalized spacial score (nSPS) is 18.9. The number of esters is 2. The average molecular weight is 538 g/mol. The van der Waals surface area contributed by atoms with Crippen molar-refractivity contribution in [2.45, 2.75) is 38.6 Å². The fraction of sp³-hybridized carbons (Fsp3) is 0.440. The average Bonchev–Trinajstić information content (AvgIpc) is 3.31. The molecule has 1 aromatic rings. The van der Waals surface area contributed by atoms with Crippen LogP contribution in [0.3, 0.4) is 0 Å². The van der Waals surface area contributed by atoms with Crippen LogP contribution in [0.4, 0.5) is 0 Å². The summed E-state index contributed by atoms with van der Waals surface area (Å²) in [6, 6.07) is 6.40. The Morgan fingerprint density at radius 3 is 2.41 bits per heavy atom. The molecule has 0 aliphatic carbocycles. The molecule has 1 aromatic carbocycles. The molecule has 0 spiro atoms. The fourth-order valence-electron chi connectivity index (χ4n) is 3.92. The van der Waals surface area contributed by atoms with E-state index in [0.29, 0.717) is 53.5 Å². The van der Waals surface area contributed by atoms with Crippen molar-refractivity contribution in [2.75, 3.05) is 33.5 Å². The van der Waals surface area contributed by atoms with E-state index in [9.17, 15) is 19.2 Å². The smallest absolute Gasteiger partial charge is 0.336 e. The van der Waals surface area contributed by atoms with E-state index in [2.05, 4.69) is 10.6 Å². The molecule has 2 atom stereocenters. The number of hydrogen-bond acceptors (Lipinski definition) is 9. The SMILES string of the molecule is CCOC(=O)C1=C(COCCN)NC(C)=C(C(=O)OC)[C@@H]1c1ccccc1Cl.O=C1CCC(C(=O)O)N1. The van der Waals surface area contributed by atoms with Crippen LogP contribution in [0.1, 0.15) is 38.2 Å². The molecular weight excluding hydrogens is 506 g/mol. The van der Waals surface area contributed by atoms with E-state index < -0.39 is 29.9 Å². The van der Waals surface area contributed by atoms with Crippen LogP contribution >= 0.6 is 11.6 Å². The number of aliphatic carboxylic acids is 1. The van der Waals surface area contributed by atoms with Gasteiger partial charge in [0.15, 0.2) is 0 Å². The van der Waals surface area contributed by atoms with Gasteiger partial charge < -0.3 is 35.7 Å². The van der Waals surface area contributed by atoms with Crippen LogP contribution in [-0.2, 0) is 33.4 Å². The minimum absolute atomic E-state index is 0.109. The maximum Gasteiger partial charge on any atom is 0.336 e. The molecule has 12 heteroatoms. The molecule has 2 aliphatic heterocycles. The molecular formula is C25H32ClN3O8. The van der Waals surface area contributed by atoms with Crippen molar-refractivity contribution < 1.29 is 38.5 Å². The Kier molecular flexibility index (Phi) is 11.6. The molecule has 5 N–H and O–H groups in total. The molecule has 1 amide bonds. The second kappa shape index (κ2) is 14.4. The van der Waals surface area contributed by atoms with Crippen LogP contribution in [0.15, 0.2) is 46.8 Å². The summed E-state index contributed by atoms with van der Waals surface area (Å²) in [5.74, 6) is -2.97. The lowest BCUT2D eigenvalue weighted by atomic mass is 9.80. The number of methoxy groups -OCH3 is 1. The second-order valence-corrected chi connectivity index (χ2v) is 8.47. The molecule has 0 saturated carbocycles. The van der Waals surface area contributed by atoms with Crippen molar-refractivity contribution >= 4 is 35.4 Å². The zero-order chi connectivity index (χ0) is 27.5. The first-order chi connectivity index (χ1) is 17.7. The van der Waals surface area contributed by atoms with Gasteiger partial charge in [0.1, 0.15) is 6.04 Å². The van der Waals surface area contributed by atoms with E-state index in [-0.39, 0.29) is 24.7 Å². The number of hydrogen-bond donors (Lipinski definition) is 4. The largest absolute Gasteiger partial charge is 0.480 e. The number of nitrogens with two attached hydrogens (primary N) is 1. The summed E-state index contributed by atoms with van der Waals surface area (Å²) in [5.41, 5.74) is 7.70. The minimum Gasteiger partial charge on any atom is -0.480 e. The molecule has 2 heterocycles. The minimum atomic E-state index is -0.944. The van der Waals surface area contributed by atoms with Crippen molar-refractivity contribution in [3.8, 4) is 0 Å². The molecule has 11 nitrogen and oxygen atoms in total. The Morgan fingerprint density at radius 1 is 1.19 bits per heavy atom. The Hall–Kier alpha value is -3.41. The second-order valence-electron chi connectivity index (χ2n) is 8.06. The first-order valence-corrected chi connectivity index (χ1v) is 12.0. The van der Waals surface area contributed by atoms with Gasteiger partial charge in [-0.05, 0) is 31.9 Å². The molecule has 0 aromatic heterocycles. The third kappa shape index (κ3) is 7.78. The van der Waals surface area contributed by atoms with E-state index in [1.54, 1.807) is 38.1 Å². The Balaban J connectivity index is 0.000000449. The Labute approximate surface area is 220 Å². The highest BCUT2D eigenvalue weighted by atomic mass is 35.5. The maximum absolute atomic E-state index is 12.9. The van der Waals surface area contributed by atoms with Crippen molar-refractivity contribution in [2.24, 2.45) is 5.73 Å². The van der Waals surface area contributed by atoms with Gasteiger partial charge in [-0.3, -0.25) is 4.79 Å². The van der Waals surface area contributed by atoms with E-state index in [0.717, 1.165) is 0 Å². The summed E-state index contributed by atoms with van der Waals surface area (Å²) in [4.78, 5) is 46.0. The van der Waals surface area contributed by atoms with Crippen LogP contribution in [0.2, 0.25) is 5.02 Å². The monoisotopic (exact) mass is 537 g/mol. The maximum atomic E-state index is 12.9. The van der Waals surface area contributed by atoms with E-state index in [1.807, 2.05) is 0 Å². The number of carbonyl (C=O) groups excluding carboxylic acids is 3. The third-order valence-electron chi connectivity index (χ3n) is 5.56. The molecule has 1 saturated heterocycles. The van der Waals surface area contributed by atoms with Crippen LogP contribution in [0, 0.1) is 0 Å². The van der Waals surface area contributed by atoms with Crippen LogP contribution in [0.5, 0.6) is 0 Å². The Morgan fingerprint density at radius 2 is 1.89 bits per heavy atom. The fourth-order valence-corrected chi connectivity index (χ4v) is 4.16. The van der Waals surface area contributed by atoms with E-state index in [4.69, 9.17) is 36.7 Å². The lowest BCUT2D eigenvalue weighted by Gasteiger charge is -2.31. The molecule has 202 valence electrons. The van der Waals surface area contributed by atoms with Gasteiger partial charge in [-0.2, -0.15) is 0 Å². The quantitative estimate of drug-likeness (QED) is 0.268. The van der Waals surface area contributed by atoms with Crippen LogP contribution in [-0.4, -0.2) is 68.4 Å². The summed E-state index contributed by atoms with van der Waals surface area (Å²) in [7, 11) is 1.29. The van der Waals surface area contributed by atoms with E-state index in [1.165, 1.54) is 7.11 Å². The van der Waals surface area contributed by atoms with Gasteiger partial charge in [0.2, 0.25) is 5.91 Å². The zero-order valence-electron chi connectivity index (χ0n) is 21.0. The number of amides is 1. The number of carboxylic acids is 1.